The number of hydrogen-bond acceptors (Lipinski definition) is 4. The number of rotatable bonds is 4. The van der Waals surface area contributed by atoms with Gasteiger partial charge in [-0.2, -0.15) is 0 Å². The van der Waals surface area contributed by atoms with Crippen LogP contribution in [0.15, 0.2) is 30.3 Å². The van der Waals surface area contributed by atoms with Crippen molar-refractivity contribution in [2.24, 2.45) is 11.8 Å². The highest BCUT2D eigenvalue weighted by Gasteiger charge is 2.39. The van der Waals surface area contributed by atoms with E-state index in [1.807, 2.05) is 37.3 Å². The summed E-state index contributed by atoms with van der Waals surface area (Å²) in [6, 6.07) is 9.37. The molecule has 1 aromatic rings. The minimum atomic E-state index is -0.630. The predicted octanol–water partition coefficient (Wildman–Crippen LogP) is 1.64. The molecule has 21 heavy (non-hydrogen) atoms. The van der Waals surface area contributed by atoms with E-state index in [9.17, 15) is 9.59 Å². The molecule has 3 atom stereocenters. The Morgan fingerprint density at radius 3 is 2.43 bits per heavy atom. The summed E-state index contributed by atoms with van der Waals surface area (Å²) in [6.45, 7) is 2.89. The molecule has 0 radical (unpaired) electrons. The number of carbonyl (C=O) groups is 2. The van der Waals surface area contributed by atoms with Gasteiger partial charge in [0, 0.05) is 20.2 Å². The summed E-state index contributed by atoms with van der Waals surface area (Å²) in [6.07, 6.45) is -0.630. The van der Waals surface area contributed by atoms with Crippen molar-refractivity contribution in [1.82, 2.24) is 4.90 Å². The van der Waals surface area contributed by atoms with E-state index in [0.29, 0.717) is 13.1 Å². The molecule has 0 saturated carbocycles. The zero-order valence-corrected chi connectivity index (χ0v) is 12.6. The molecule has 0 spiro atoms. The molecular formula is C16H21NO4. The first-order valence-corrected chi connectivity index (χ1v) is 7.02. The normalized spacial score (nSPS) is 22.9. The molecule has 3 unspecified atom stereocenters. The van der Waals surface area contributed by atoms with Crippen LogP contribution in [0, 0.1) is 11.8 Å². The Labute approximate surface area is 124 Å². The Morgan fingerprint density at radius 2 is 1.86 bits per heavy atom. The number of hydrogen-bond donors (Lipinski definition) is 0. The van der Waals surface area contributed by atoms with Gasteiger partial charge in [-0.3, -0.25) is 9.59 Å². The first kappa shape index (κ1) is 15.5. The fraction of sp³-hybridized carbons (Fsp3) is 0.500. The maximum atomic E-state index is 12.6. The predicted molar refractivity (Wildman–Crippen MR) is 77.4 cm³/mol. The molecule has 1 aliphatic heterocycles. The highest BCUT2D eigenvalue weighted by atomic mass is 16.5. The third-order valence-corrected chi connectivity index (χ3v) is 3.99. The summed E-state index contributed by atoms with van der Waals surface area (Å²) in [7, 11) is 2.90. The lowest BCUT2D eigenvalue weighted by Crippen LogP contribution is -2.35. The first-order valence-electron chi connectivity index (χ1n) is 7.02. The van der Waals surface area contributed by atoms with E-state index in [1.165, 1.54) is 14.2 Å². The number of ether oxygens (including phenoxy) is 2. The Hall–Kier alpha value is -1.88. The lowest BCUT2D eigenvalue weighted by molar-refractivity contribution is -0.146. The van der Waals surface area contributed by atoms with Gasteiger partial charge in [-0.15, -0.1) is 0 Å². The fourth-order valence-corrected chi connectivity index (χ4v) is 2.78. The van der Waals surface area contributed by atoms with Crippen molar-refractivity contribution in [3.05, 3.63) is 35.9 Å². The number of methoxy groups -OCH3 is 2. The standard InChI is InChI=1S/C16H21NO4/c1-11-9-17(10-13(11)16(19)21-3)15(18)14(20-2)12-7-5-4-6-8-12/h4-8,11,13-14H,9-10H2,1-3H3. The largest absolute Gasteiger partial charge is 0.469 e. The lowest BCUT2D eigenvalue weighted by Gasteiger charge is -2.22. The molecule has 0 aromatic heterocycles. The Balaban J connectivity index is 2.11. The van der Waals surface area contributed by atoms with Gasteiger partial charge in [0.15, 0.2) is 6.10 Å². The van der Waals surface area contributed by atoms with E-state index in [4.69, 9.17) is 9.47 Å². The SMILES string of the molecule is COC(=O)C1CN(C(=O)C(OC)c2ccccc2)CC1C. The summed E-state index contributed by atoms with van der Waals surface area (Å²) in [5, 5.41) is 0. The lowest BCUT2D eigenvalue weighted by atomic mass is 9.99. The third kappa shape index (κ3) is 3.24. The van der Waals surface area contributed by atoms with Gasteiger partial charge in [-0.05, 0) is 11.5 Å². The van der Waals surface area contributed by atoms with E-state index >= 15 is 0 Å². The molecule has 1 heterocycles. The molecule has 1 amide bonds. The van der Waals surface area contributed by atoms with Gasteiger partial charge in [0.05, 0.1) is 13.0 Å². The third-order valence-electron chi connectivity index (χ3n) is 3.99. The van der Waals surface area contributed by atoms with Crippen LogP contribution in [0.2, 0.25) is 0 Å². The van der Waals surface area contributed by atoms with Gasteiger partial charge in [0.1, 0.15) is 0 Å². The number of benzene rings is 1. The van der Waals surface area contributed by atoms with E-state index in [1.54, 1.807) is 4.90 Å². The van der Waals surface area contributed by atoms with Crippen molar-refractivity contribution in [1.29, 1.82) is 0 Å². The van der Waals surface area contributed by atoms with Gasteiger partial charge in [-0.1, -0.05) is 37.3 Å². The Kier molecular flexibility index (Phi) is 4.96. The Bertz CT molecular complexity index is 502. The van der Waals surface area contributed by atoms with E-state index in [-0.39, 0.29) is 23.7 Å². The monoisotopic (exact) mass is 291 g/mol. The topological polar surface area (TPSA) is 55.8 Å². The number of nitrogens with zero attached hydrogens (tertiary/aromatic N) is 1. The van der Waals surface area contributed by atoms with Crippen molar-refractivity contribution < 1.29 is 19.1 Å². The van der Waals surface area contributed by atoms with Crippen molar-refractivity contribution in [2.45, 2.75) is 13.0 Å². The summed E-state index contributed by atoms with van der Waals surface area (Å²) < 4.78 is 10.2. The van der Waals surface area contributed by atoms with Crippen LogP contribution in [0.5, 0.6) is 0 Å². The molecule has 0 bridgehead atoms. The van der Waals surface area contributed by atoms with Crippen molar-refractivity contribution in [3.8, 4) is 0 Å². The molecule has 1 saturated heterocycles. The highest BCUT2D eigenvalue weighted by molar-refractivity contribution is 5.84. The van der Waals surface area contributed by atoms with Gasteiger partial charge in [0.25, 0.3) is 5.91 Å². The summed E-state index contributed by atoms with van der Waals surface area (Å²) in [5.41, 5.74) is 0.819. The highest BCUT2D eigenvalue weighted by Crippen LogP contribution is 2.28. The van der Waals surface area contributed by atoms with Gasteiger partial charge >= 0.3 is 5.97 Å². The van der Waals surface area contributed by atoms with Crippen molar-refractivity contribution >= 4 is 11.9 Å². The molecule has 1 fully saturated rings. The maximum Gasteiger partial charge on any atom is 0.310 e. The zero-order chi connectivity index (χ0) is 15.4. The van der Waals surface area contributed by atoms with Crippen LogP contribution in [0.4, 0.5) is 0 Å². The fourth-order valence-electron chi connectivity index (χ4n) is 2.78. The van der Waals surface area contributed by atoms with Gasteiger partial charge < -0.3 is 14.4 Å². The smallest absolute Gasteiger partial charge is 0.310 e. The van der Waals surface area contributed by atoms with Crippen LogP contribution in [0.25, 0.3) is 0 Å². The number of esters is 1. The quantitative estimate of drug-likeness (QED) is 0.791. The van der Waals surface area contributed by atoms with Gasteiger partial charge in [-0.25, -0.2) is 0 Å². The second-order valence-electron chi connectivity index (χ2n) is 5.38. The molecule has 114 valence electrons. The molecule has 5 heteroatoms. The van der Waals surface area contributed by atoms with E-state index in [0.717, 1.165) is 5.56 Å². The molecule has 0 aliphatic carbocycles. The minimum Gasteiger partial charge on any atom is -0.469 e. The van der Waals surface area contributed by atoms with Crippen LogP contribution in [0.3, 0.4) is 0 Å². The average molecular weight is 291 g/mol. The number of likely N-dealkylation sites (tertiary alicyclic amines) is 1. The van der Waals surface area contributed by atoms with Gasteiger partial charge in [0.2, 0.25) is 0 Å². The van der Waals surface area contributed by atoms with E-state index < -0.39 is 6.10 Å². The van der Waals surface area contributed by atoms with Crippen LogP contribution < -0.4 is 0 Å². The zero-order valence-electron chi connectivity index (χ0n) is 12.6. The summed E-state index contributed by atoms with van der Waals surface area (Å²) in [5.74, 6) is -0.532. The summed E-state index contributed by atoms with van der Waals surface area (Å²) >= 11 is 0. The molecule has 2 rings (SSSR count). The first-order chi connectivity index (χ1) is 10.1. The second-order valence-corrected chi connectivity index (χ2v) is 5.38. The molecule has 1 aliphatic rings. The number of carbonyl (C=O) groups excluding carboxylic acids is 2. The summed E-state index contributed by atoms with van der Waals surface area (Å²) in [4.78, 5) is 26.0. The van der Waals surface area contributed by atoms with Crippen LogP contribution in [-0.4, -0.2) is 44.1 Å². The second kappa shape index (κ2) is 6.72. The van der Waals surface area contributed by atoms with Crippen LogP contribution >= 0.6 is 0 Å². The molecule has 0 N–H and O–H groups in total. The molecule has 1 aromatic carbocycles. The molecular weight excluding hydrogens is 270 g/mol. The molecule has 5 nitrogen and oxygen atoms in total. The maximum absolute atomic E-state index is 12.6. The van der Waals surface area contributed by atoms with Crippen molar-refractivity contribution in [3.63, 3.8) is 0 Å². The van der Waals surface area contributed by atoms with Crippen molar-refractivity contribution in [2.75, 3.05) is 27.3 Å². The van der Waals surface area contributed by atoms with Crippen LogP contribution in [-0.2, 0) is 19.1 Å². The number of amides is 1. The Morgan fingerprint density at radius 1 is 1.19 bits per heavy atom. The minimum absolute atomic E-state index is 0.0923. The van der Waals surface area contributed by atoms with Crippen LogP contribution in [0.1, 0.15) is 18.6 Å². The average Bonchev–Trinajstić information content (AvgIpc) is 2.90. The van der Waals surface area contributed by atoms with E-state index in [2.05, 4.69) is 0 Å².